The molecule has 8 heteroatoms. The summed E-state index contributed by atoms with van der Waals surface area (Å²) in [5.74, 6) is 1.90. The predicted octanol–water partition coefficient (Wildman–Crippen LogP) is 9.72. The lowest BCUT2D eigenvalue weighted by molar-refractivity contribution is 0.414. The van der Waals surface area contributed by atoms with Crippen molar-refractivity contribution in [2.45, 2.75) is 90.9 Å². The van der Waals surface area contributed by atoms with Gasteiger partial charge in [-0.2, -0.15) is 4.99 Å². The summed E-state index contributed by atoms with van der Waals surface area (Å²) in [7, 11) is 5.76. The van der Waals surface area contributed by atoms with E-state index in [0.717, 1.165) is 41.4 Å². The highest BCUT2D eigenvalue weighted by Crippen LogP contribution is 2.32. The van der Waals surface area contributed by atoms with Crippen molar-refractivity contribution in [3.05, 3.63) is 65.9 Å². The van der Waals surface area contributed by atoms with Crippen LogP contribution in [-0.4, -0.2) is 56.7 Å². The zero-order chi connectivity index (χ0) is 31.9. The maximum absolute atomic E-state index is 5.65. The number of methoxy groups -OCH3 is 1. The molecule has 0 amide bonds. The third-order valence-corrected chi connectivity index (χ3v) is 9.14. The summed E-state index contributed by atoms with van der Waals surface area (Å²) in [5.41, 5.74) is 3.63. The molecule has 0 spiro atoms. The van der Waals surface area contributed by atoms with E-state index in [4.69, 9.17) is 24.7 Å². The summed E-state index contributed by atoms with van der Waals surface area (Å²) in [4.78, 5) is 24.5. The van der Waals surface area contributed by atoms with E-state index in [2.05, 4.69) is 35.8 Å². The minimum Gasteiger partial charge on any atom is -0.496 e. The average molecular weight is 629 g/mol. The van der Waals surface area contributed by atoms with Gasteiger partial charge in [0.2, 0.25) is 5.13 Å². The largest absolute Gasteiger partial charge is 0.496 e. The van der Waals surface area contributed by atoms with Crippen LogP contribution in [0.1, 0.15) is 102 Å². The Labute approximate surface area is 275 Å². The van der Waals surface area contributed by atoms with Crippen molar-refractivity contribution in [2.75, 3.05) is 44.1 Å². The number of aliphatic imine (C=N–C) groups is 3. The van der Waals surface area contributed by atoms with E-state index in [0.29, 0.717) is 16.8 Å². The van der Waals surface area contributed by atoms with Crippen LogP contribution >= 0.6 is 11.3 Å². The molecule has 3 aromatic rings. The molecule has 0 atom stereocenters. The molecule has 45 heavy (non-hydrogen) atoms. The second kappa shape index (κ2) is 18.4. The monoisotopic (exact) mass is 628 g/mol. The molecule has 0 N–H and O–H groups in total. The van der Waals surface area contributed by atoms with Gasteiger partial charge < -0.3 is 14.5 Å². The SMILES string of the molecule is CCCCCCCCN(CCCCCCCC)c1cnc(N=C2N=C(c3ccccc3OC)N=C2c2ccccc2N(C)C)s1. The van der Waals surface area contributed by atoms with Crippen molar-refractivity contribution >= 4 is 44.5 Å². The molecule has 0 fully saturated rings. The normalized spacial score (nSPS) is 13.7. The minimum absolute atomic E-state index is 0.574. The molecule has 0 radical (unpaired) electrons. The predicted molar refractivity (Wildman–Crippen MR) is 195 cm³/mol. The van der Waals surface area contributed by atoms with Crippen LogP contribution < -0.4 is 14.5 Å². The number of ether oxygens (including phenoxy) is 1. The number of nitrogens with zero attached hydrogens (tertiary/aromatic N) is 6. The van der Waals surface area contributed by atoms with Crippen LogP contribution in [-0.2, 0) is 0 Å². The van der Waals surface area contributed by atoms with Gasteiger partial charge in [0.1, 0.15) is 16.5 Å². The Morgan fingerprint density at radius 2 is 1.33 bits per heavy atom. The van der Waals surface area contributed by atoms with Crippen LogP contribution in [0, 0.1) is 0 Å². The quantitative estimate of drug-likeness (QED) is 0.117. The molecule has 4 rings (SSSR count). The molecule has 1 aliphatic heterocycles. The number of hydrogen-bond acceptors (Lipinski definition) is 7. The van der Waals surface area contributed by atoms with E-state index in [9.17, 15) is 0 Å². The van der Waals surface area contributed by atoms with Crippen LogP contribution in [0.3, 0.4) is 0 Å². The van der Waals surface area contributed by atoms with Gasteiger partial charge in [-0.05, 0) is 31.0 Å². The summed E-state index contributed by atoms with van der Waals surface area (Å²) in [6.07, 6.45) is 17.6. The lowest BCUT2D eigenvalue weighted by Gasteiger charge is -2.22. The summed E-state index contributed by atoms with van der Waals surface area (Å²) >= 11 is 1.65. The number of unbranched alkanes of at least 4 members (excludes halogenated alkanes) is 10. The van der Waals surface area contributed by atoms with E-state index in [1.165, 1.54) is 82.1 Å². The van der Waals surface area contributed by atoms with E-state index in [1.54, 1.807) is 18.4 Å². The lowest BCUT2D eigenvalue weighted by Crippen LogP contribution is -2.24. The molecule has 0 saturated heterocycles. The van der Waals surface area contributed by atoms with Gasteiger partial charge in [0.25, 0.3) is 0 Å². The van der Waals surface area contributed by atoms with E-state index < -0.39 is 0 Å². The van der Waals surface area contributed by atoms with Crippen LogP contribution in [0.4, 0.5) is 15.8 Å². The number of thiazole rings is 1. The first-order valence-electron chi connectivity index (χ1n) is 16.9. The molecule has 1 aromatic heterocycles. The van der Waals surface area contributed by atoms with Gasteiger partial charge in [-0.15, -0.1) is 0 Å². The Bertz CT molecular complexity index is 1410. The zero-order valence-corrected chi connectivity index (χ0v) is 28.9. The van der Waals surface area contributed by atoms with Crippen LogP contribution in [0.25, 0.3) is 0 Å². The topological polar surface area (TPSA) is 65.7 Å². The highest BCUT2D eigenvalue weighted by atomic mass is 32.1. The standard InChI is InChI=1S/C37H52N6OS/c1-6-8-10-12-14-20-26-43(27-21-15-13-11-9-7-2)33-28-38-37(45-33)41-36-34(29-22-16-18-24-31(29)42(3)4)39-35(40-36)30-23-17-19-25-32(30)44-5/h16-19,22-25,28H,6-15,20-21,26-27H2,1-5H3. The van der Waals surface area contributed by atoms with Crippen molar-refractivity contribution in [3.8, 4) is 5.75 Å². The van der Waals surface area contributed by atoms with Gasteiger partial charge in [0.15, 0.2) is 11.7 Å². The average Bonchev–Trinajstić information content (AvgIpc) is 3.70. The van der Waals surface area contributed by atoms with E-state index in [-0.39, 0.29) is 0 Å². The fraction of sp³-hybridized carbons (Fsp3) is 0.514. The Kier molecular flexibility index (Phi) is 14.1. The molecular weight excluding hydrogens is 577 g/mol. The number of para-hydroxylation sites is 2. The lowest BCUT2D eigenvalue weighted by atomic mass is 10.1. The van der Waals surface area contributed by atoms with Crippen molar-refractivity contribution in [1.29, 1.82) is 0 Å². The molecule has 1 aliphatic rings. The third kappa shape index (κ3) is 9.98. The number of aromatic nitrogens is 1. The van der Waals surface area contributed by atoms with E-state index >= 15 is 0 Å². The number of benzene rings is 2. The van der Waals surface area contributed by atoms with Crippen molar-refractivity contribution < 1.29 is 4.74 Å². The van der Waals surface area contributed by atoms with Crippen molar-refractivity contribution in [2.24, 2.45) is 15.0 Å². The first kappa shape index (κ1) is 34.4. The first-order valence-corrected chi connectivity index (χ1v) is 17.7. The Morgan fingerprint density at radius 3 is 1.98 bits per heavy atom. The Hall–Kier alpha value is -3.52. The molecule has 2 heterocycles. The molecule has 7 nitrogen and oxygen atoms in total. The van der Waals surface area contributed by atoms with Gasteiger partial charge >= 0.3 is 0 Å². The summed E-state index contributed by atoms with van der Waals surface area (Å²) in [6, 6.07) is 16.1. The summed E-state index contributed by atoms with van der Waals surface area (Å²) in [6.45, 7) is 6.69. The summed E-state index contributed by atoms with van der Waals surface area (Å²) < 4.78 is 5.65. The van der Waals surface area contributed by atoms with Gasteiger partial charge in [0.05, 0.1) is 18.9 Å². The van der Waals surface area contributed by atoms with Gasteiger partial charge in [-0.1, -0.05) is 120 Å². The number of amidine groups is 2. The molecule has 2 aromatic carbocycles. The first-order chi connectivity index (χ1) is 22.0. The molecule has 242 valence electrons. The second-order valence-corrected chi connectivity index (χ2v) is 12.9. The Morgan fingerprint density at radius 1 is 0.733 bits per heavy atom. The van der Waals surface area contributed by atoms with Crippen LogP contribution in [0.15, 0.2) is 69.7 Å². The molecule has 0 saturated carbocycles. The minimum atomic E-state index is 0.574. The molecule has 0 bridgehead atoms. The van der Waals surface area contributed by atoms with Gasteiger partial charge in [-0.25, -0.2) is 15.0 Å². The van der Waals surface area contributed by atoms with Crippen molar-refractivity contribution in [3.63, 3.8) is 0 Å². The van der Waals surface area contributed by atoms with Crippen LogP contribution in [0.2, 0.25) is 0 Å². The maximum atomic E-state index is 5.65. The number of hydrogen-bond donors (Lipinski definition) is 0. The second-order valence-electron chi connectivity index (χ2n) is 11.9. The van der Waals surface area contributed by atoms with Crippen molar-refractivity contribution in [1.82, 2.24) is 4.98 Å². The van der Waals surface area contributed by atoms with Crippen LogP contribution in [0.5, 0.6) is 5.75 Å². The molecule has 0 unspecified atom stereocenters. The Balaban J connectivity index is 1.60. The third-order valence-electron chi connectivity index (χ3n) is 8.19. The number of anilines is 2. The summed E-state index contributed by atoms with van der Waals surface area (Å²) in [5, 5.41) is 1.89. The van der Waals surface area contributed by atoms with Gasteiger partial charge in [-0.3, -0.25) is 0 Å². The zero-order valence-electron chi connectivity index (χ0n) is 28.1. The number of rotatable bonds is 20. The van der Waals surface area contributed by atoms with Gasteiger partial charge in [0, 0.05) is 38.4 Å². The molecular formula is C37H52N6OS. The molecule has 0 aliphatic carbocycles. The highest BCUT2D eigenvalue weighted by Gasteiger charge is 2.26. The maximum Gasteiger partial charge on any atom is 0.213 e. The smallest absolute Gasteiger partial charge is 0.213 e. The fourth-order valence-corrected chi connectivity index (χ4v) is 6.49. The fourth-order valence-electron chi connectivity index (χ4n) is 5.65. The van der Waals surface area contributed by atoms with E-state index in [1.807, 2.05) is 56.7 Å². The highest BCUT2D eigenvalue weighted by molar-refractivity contribution is 7.19.